The zero-order valence-electron chi connectivity index (χ0n) is 12.2. The van der Waals surface area contributed by atoms with Gasteiger partial charge in [-0.2, -0.15) is 0 Å². The van der Waals surface area contributed by atoms with Crippen LogP contribution in [0.4, 0.5) is 10.6 Å². The molecule has 1 heterocycles. The molecule has 1 amide bonds. The molecule has 0 saturated heterocycles. The van der Waals surface area contributed by atoms with E-state index in [0.717, 1.165) is 10.9 Å². The number of anilines is 1. The Morgan fingerprint density at radius 1 is 1.48 bits per heavy atom. The molecule has 0 aliphatic carbocycles. The maximum atomic E-state index is 11.4. The fourth-order valence-electron chi connectivity index (χ4n) is 1.61. The number of carbonyl (C=O) groups is 1. The van der Waals surface area contributed by atoms with Crippen LogP contribution in [-0.2, 0) is 4.74 Å². The van der Waals surface area contributed by atoms with Gasteiger partial charge in [0.2, 0.25) is 0 Å². The van der Waals surface area contributed by atoms with E-state index in [9.17, 15) is 4.79 Å². The molecule has 0 aliphatic rings. The summed E-state index contributed by atoms with van der Waals surface area (Å²) in [7, 11) is 0. The Balaban J connectivity index is 1.95. The standard InChI is InChI=1S/C15H17N3O3/c1-15(2,3)20-14(19)17-8-4-5-10-6-7-12-11(9-10)13(16)18-21-12/h6-7,9H,8H2,1-3H3,(H2,16,18)(H,17,19). The van der Waals surface area contributed by atoms with Crippen LogP contribution in [0.5, 0.6) is 0 Å². The Morgan fingerprint density at radius 2 is 2.24 bits per heavy atom. The van der Waals surface area contributed by atoms with Crippen molar-refractivity contribution in [3.8, 4) is 11.8 Å². The van der Waals surface area contributed by atoms with Crippen LogP contribution in [0, 0.1) is 11.8 Å². The lowest BCUT2D eigenvalue weighted by atomic mass is 10.1. The van der Waals surface area contributed by atoms with Gasteiger partial charge in [0, 0.05) is 5.56 Å². The Kier molecular flexibility index (Phi) is 4.03. The third-order valence-corrected chi connectivity index (χ3v) is 2.45. The highest BCUT2D eigenvalue weighted by molar-refractivity contribution is 5.87. The quantitative estimate of drug-likeness (QED) is 0.785. The molecule has 0 aliphatic heterocycles. The number of benzene rings is 1. The van der Waals surface area contributed by atoms with Gasteiger partial charge in [-0.05, 0) is 39.0 Å². The van der Waals surface area contributed by atoms with Crippen molar-refractivity contribution >= 4 is 22.9 Å². The highest BCUT2D eigenvalue weighted by Gasteiger charge is 2.15. The van der Waals surface area contributed by atoms with E-state index in [-0.39, 0.29) is 6.54 Å². The molecule has 0 spiro atoms. The molecule has 0 fully saturated rings. The first kappa shape index (κ1) is 14.7. The number of nitrogens with zero attached hydrogens (tertiary/aromatic N) is 1. The molecule has 0 saturated carbocycles. The fourth-order valence-corrected chi connectivity index (χ4v) is 1.61. The summed E-state index contributed by atoms with van der Waals surface area (Å²) in [6.07, 6.45) is -0.490. The van der Waals surface area contributed by atoms with Gasteiger partial charge < -0.3 is 20.3 Å². The van der Waals surface area contributed by atoms with E-state index in [2.05, 4.69) is 22.3 Å². The minimum atomic E-state index is -0.519. The number of nitrogens with one attached hydrogen (secondary N) is 1. The predicted molar refractivity (Wildman–Crippen MR) is 79.5 cm³/mol. The van der Waals surface area contributed by atoms with Gasteiger partial charge in [0.05, 0.1) is 11.9 Å². The van der Waals surface area contributed by atoms with Crippen molar-refractivity contribution in [2.24, 2.45) is 0 Å². The Morgan fingerprint density at radius 3 is 2.95 bits per heavy atom. The van der Waals surface area contributed by atoms with E-state index in [1.165, 1.54) is 0 Å². The van der Waals surface area contributed by atoms with E-state index >= 15 is 0 Å². The number of hydrogen-bond acceptors (Lipinski definition) is 5. The lowest BCUT2D eigenvalue weighted by Gasteiger charge is -2.18. The molecule has 0 unspecified atom stereocenters. The van der Waals surface area contributed by atoms with Crippen molar-refractivity contribution in [1.29, 1.82) is 0 Å². The summed E-state index contributed by atoms with van der Waals surface area (Å²) in [5, 5.41) is 6.96. The lowest BCUT2D eigenvalue weighted by molar-refractivity contribution is 0.0535. The maximum Gasteiger partial charge on any atom is 0.408 e. The van der Waals surface area contributed by atoms with E-state index in [1.54, 1.807) is 39.0 Å². The van der Waals surface area contributed by atoms with Gasteiger partial charge in [-0.3, -0.25) is 0 Å². The van der Waals surface area contributed by atoms with Gasteiger partial charge in [-0.1, -0.05) is 17.0 Å². The van der Waals surface area contributed by atoms with E-state index in [0.29, 0.717) is 11.4 Å². The molecule has 0 radical (unpaired) electrons. The molecular formula is C15H17N3O3. The SMILES string of the molecule is CC(C)(C)OC(=O)NCC#Cc1ccc2onc(N)c2c1. The molecule has 6 nitrogen and oxygen atoms in total. The van der Waals surface area contributed by atoms with Crippen LogP contribution >= 0.6 is 0 Å². The summed E-state index contributed by atoms with van der Waals surface area (Å²) in [6.45, 7) is 5.61. The molecule has 3 N–H and O–H groups in total. The molecule has 0 atom stereocenters. The average molecular weight is 287 g/mol. The van der Waals surface area contributed by atoms with Gasteiger partial charge in [-0.15, -0.1) is 0 Å². The number of ether oxygens (including phenoxy) is 1. The highest BCUT2D eigenvalue weighted by Crippen LogP contribution is 2.20. The number of hydrogen-bond donors (Lipinski definition) is 2. The fraction of sp³-hybridized carbons (Fsp3) is 0.333. The Hall–Kier alpha value is -2.68. The number of carbonyl (C=O) groups excluding carboxylic acids is 1. The van der Waals surface area contributed by atoms with Gasteiger partial charge in [-0.25, -0.2) is 4.79 Å². The number of alkyl carbamates (subject to hydrolysis) is 1. The second-order valence-corrected chi connectivity index (χ2v) is 5.44. The molecule has 0 bridgehead atoms. The second kappa shape index (κ2) is 5.75. The smallest absolute Gasteiger partial charge is 0.408 e. The summed E-state index contributed by atoms with van der Waals surface area (Å²) < 4.78 is 10.1. The normalized spacial score (nSPS) is 10.8. The van der Waals surface area contributed by atoms with Crippen LogP contribution in [0.1, 0.15) is 26.3 Å². The van der Waals surface area contributed by atoms with Crippen molar-refractivity contribution in [2.45, 2.75) is 26.4 Å². The monoisotopic (exact) mass is 287 g/mol. The lowest BCUT2D eigenvalue weighted by Crippen LogP contribution is -2.32. The number of rotatable bonds is 1. The highest BCUT2D eigenvalue weighted by atomic mass is 16.6. The van der Waals surface area contributed by atoms with Crippen molar-refractivity contribution in [3.05, 3.63) is 23.8 Å². The van der Waals surface area contributed by atoms with Gasteiger partial charge in [0.1, 0.15) is 5.60 Å². The van der Waals surface area contributed by atoms with Crippen LogP contribution in [0.3, 0.4) is 0 Å². The first-order chi connectivity index (χ1) is 9.85. The first-order valence-corrected chi connectivity index (χ1v) is 6.46. The van der Waals surface area contributed by atoms with Gasteiger partial charge >= 0.3 is 6.09 Å². The van der Waals surface area contributed by atoms with Crippen LogP contribution in [0.25, 0.3) is 11.0 Å². The molecule has 2 rings (SSSR count). The minimum Gasteiger partial charge on any atom is -0.444 e. The summed E-state index contributed by atoms with van der Waals surface area (Å²) in [4.78, 5) is 11.4. The first-order valence-electron chi connectivity index (χ1n) is 6.46. The third kappa shape index (κ3) is 4.14. The summed E-state index contributed by atoms with van der Waals surface area (Å²) in [5.74, 6) is 6.10. The number of amides is 1. The zero-order chi connectivity index (χ0) is 15.5. The zero-order valence-corrected chi connectivity index (χ0v) is 12.2. The van der Waals surface area contributed by atoms with E-state index in [1.807, 2.05) is 0 Å². The van der Waals surface area contributed by atoms with Crippen molar-refractivity contribution in [2.75, 3.05) is 12.3 Å². The summed E-state index contributed by atoms with van der Waals surface area (Å²) >= 11 is 0. The molecule has 1 aromatic heterocycles. The number of fused-ring (bicyclic) bond motifs is 1. The van der Waals surface area contributed by atoms with Crippen molar-refractivity contribution < 1.29 is 14.1 Å². The van der Waals surface area contributed by atoms with E-state index < -0.39 is 11.7 Å². The second-order valence-electron chi connectivity index (χ2n) is 5.44. The molecular weight excluding hydrogens is 270 g/mol. The van der Waals surface area contributed by atoms with Crippen molar-refractivity contribution in [1.82, 2.24) is 10.5 Å². The van der Waals surface area contributed by atoms with Crippen LogP contribution in [-0.4, -0.2) is 23.4 Å². The summed E-state index contributed by atoms with van der Waals surface area (Å²) in [6, 6.07) is 5.35. The summed E-state index contributed by atoms with van der Waals surface area (Å²) in [5.41, 5.74) is 6.54. The number of nitrogen functional groups attached to an aromatic ring is 1. The van der Waals surface area contributed by atoms with Crippen LogP contribution in [0.2, 0.25) is 0 Å². The largest absolute Gasteiger partial charge is 0.444 e. The molecule has 110 valence electrons. The van der Waals surface area contributed by atoms with Gasteiger partial charge in [0.15, 0.2) is 11.4 Å². The number of aromatic nitrogens is 1. The topological polar surface area (TPSA) is 90.4 Å². The minimum absolute atomic E-state index is 0.200. The Bertz CT molecular complexity index is 717. The van der Waals surface area contributed by atoms with Gasteiger partial charge in [0.25, 0.3) is 0 Å². The number of nitrogens with two attached hydrogens (primary N) is 1. The van der Waals surface area contributed by atoms with Crippen LogP contribution < -0.4 is 11.1 Å². The third-order valence-electron chi connectivity index (χ3n) is 2.45. The average Bonchev–Trinajstić information content (AvgIpc) is 2.74. The molecule has 2 aromatic rings. The van der Waals surface area contributed by atoms with Crippen molar-refractivity contribution in [3.63, 3.8) is 0 Å². The maximum absolute atomic E-state index is 11.4. The predicted octanol–water partition coefficient (Wildman–Crippen LogP) is 2.29. The van der Waals surface area contributed by atoms with Crippen LogP contribution in [0.15, 0.2) is 22.7 Å². The Labute approximate surface area is 122 Å². The molecule has 1 aromatic carbocycles. The van der Waals surface area contributed by atoms with E-state index in [4.69, 9.17) is 15.0 Å². The molecule has 6 heteroatoms. The molecule has 21 heavy (non-hydrogen) atoms.